The zero-order valence-electron chi connectivity index (χ0n) is 21.4. The maximum absolute atomic E-state index is 13.5. The third kappa shape index (κ3) is 4.99. The van der Waals surface area contributed by atoms with Crippen molar-refractivity contribution in [3.8, 4) is 0 Å². The Morgan fingerprint density at radius 1 is 1.23 bits per heavy atom. The number of rotatable bonds is 5. The van der Waals surface area contributed by atoms with Gasteiger partial charge in [0.05, 0.1) is 40.0 Å². The van der Waals surface area contributed by atoms with Crippen molar-refractivity contribution in [1.82, 2.24) is 19.7 Å². The van der Waals surface area contributed by atoms with Crippen LogP contribution in [-0.4, -0.2) is 44.7 Å². The molecule has 0 saturated carbocycles. The number of piperidine rings is 1. The van der Waals surface area contributed by atoms with Crippen molar-refractivity contribution < 1.29 is 9.59 Å². The molecule has 1 aliphatic heterocycles. The van der Waals surface area contributed by atoms with Crippen LogP contribution >= 0.6 is 0 Å². The molecule has 1 saturated heterocycles. The van der Waals surface area contributed by atoms with E-state index >= 15 is 0 Å². The van der Waals surface area contributed by atoms with Gasteiger partial charge in [0, 0.05) is 18.8 Å². The lowest BCUT2D eigenvalue weighted by molar-refractivity contribution is -0.122. The van der Waals surface area contributed by atoms with E-state index in [-0.39, 0.29) is 29.2 Å². The first kappa shape index (κ1) is 24.6. The van der Waals surface area contributed by atoms with Crippen molar-refractivity contribution >= 4 is 34.4 Å². The molecule has 0 radical (unpaired) electrons. The van der Waals surface area contributed by atoms with Crippen molar-refractivity contribution in [1.29, 1.82) is 0 Å². The van der Waals surface area contributed by atoms with E-state index in [0.717, 1.165) is 42.0 Å². The molecule has 3 aromatic heterocycles. The molecule has 4 rings (SSSR count). The fraction of sp³-hybridized carbons (Fsp3) is 0.500. The lowest BCUT2D eigenvalue weighted by atomic mass is 9.97. The summed E-state index contributed by atoms with van der Waals surface area (Å²) in [7, 11) is 0. The van der Waals surface area contributed by atoms with Crippen molar-refractivity contribution in [2.75, 3.05) is 23.3 Å². The van der Waals surface area contributed by atoms with Gasteiger partial charge in [0.2, 0.25) is 5.91 Å². The van der Waals surface area contributed by atoms with Crippen LogP contribution < -0.4 is 16.0 Å². The number of hydrogen-bond donors (Lipinski definition) is 2. The molecule has 1 fully saturated rings. The Kier molecular flexibility index (Phi) is 6.53. The number of amides is 2. The van der Waals surface area contributed by atoms with Crippen LogP contribution in [0.1, 0.15) is 75.1 Å². The number of primary amides is 1. The summed E-state index contributed by atoms with van der Waals surface area (Å²) >= 11 is 0. The first-order chi connectivity index (χ1) is 16.5. The lowest BCUT2D eigenvalue weighted by Crippen LogP contribution is -2.41. The van der Waals surface area contributed by atoms with Gasteiger partial charge in [-0.2, -0.15) is 5.10 Å². The topological polar surface area (TPSA) is 119 Å². The van der Waals surface area contributed by atoms with Gasteiger partial charge in [-0.15, -0.1) is 0 Å². The Morgan fingerprint density at radius 2 is 1.97 bits per heavy atom. The van der Waals surface area contributed by atoms with Gasteiger partial charge in [-0.1, -0.05) is 13.8 Å². The molecular weight excluding hydrogens is 442 g/mol. The van der Waals surface area contributed by atoms with E-state index < -0.39 is 0 Å². The third-order valence-electron chi connectivity index (χ3n) is 6.46. The Bertz CT molecular complexity index is 1260. The van der Waals surface area contributed by atoms with E-state index in [1.54, 1.807) is 6.20 Å². The summed E-state index contributed by atoms with van der Waals surface area (Å²) in [4.78, 5) is 36.5. The Labute approximate surface area is 206 Å². The number of hydrogen-bond acceptors (Lipinski definition) is 6. The molecule has 3 N–H and O–H groups in total. The highest BCUT2D eigenvalue weighted by molar-refractivity contribution is 6.12. The highest BCUT2D eigenvalue weighted by Gasteiger charge is 2.26. The molecule has 2 amide bonds. The molecule has 0 spiro atoms. The van der Waals surface area contributed by atoms with Crippen LogP contribution in [0.25, 0.3) is 11.0 Å². The predicted octanol–water partition coefficient (Wildman–Crippen LogP) is 3.97. The van der Waals surface area contributed by atoms with Crippen molar-refractivity contribution in [2.45, 2.75) is 65.8 Å². The monoisotopic (exact) mass is 477 g/mol. The highest BCUT2D eigenvalue weighted by atomic mass is 16.2. The average molecular weight is 478 g/mol. The minimum atomic E-state index is -0.273. The van der Waals surface area contributed by atoms with Crippen LogP contribution in [-0.2, 0) is 10.3 Å². The molecule has 35 heavy (non-hydrogen) atoms. The average Bonchev–Trinajstić information content (AvgIpc) is 3.16. The first-order valence-corrected chi connectivity index (χ1v) is 12.2. The van der Waals surface area contributed by atoms with Crippen molar-refractivity contribution in [3.63, 3.8) is 0 Å². The standard InChI is InChI=1S/C26H35N7O2/c1-15(2)20-12-19(22-16(3)31-33(24(22)30-20)26(4,5)6)25(35)29-18-9-10-21(28-13-18)32-11-7-8-17(14-32)23(27)34/h9-10,12-13,15,17H,7-8,11,14H2,1-6H3,(H2,27,34)(H,29,35). The minimum Gasteiger partial charge on any atom is -0.369 e. The van der Waals surface area contributed by atoms with Gasteiger partial charge in [-0.05, 0) is 64.7 Å². The second kappa shape index (κ2) is 9.28. The number of carbonyl (C=O) groups excluding carboxylic acids is 2. The lowest BCUT2D eigenvalue weighted by Gasteiger charge is -2.32. The van der Waals surface area contributed by atoms with Crippen LogP contribution in [0.4, 0.5) is 11.5 Å². The SMILES string of the molecule is Cc1nn(C(C)(C)C)c2nc(C(C)C)cc(C(=O)Nc3ccc(N4CCCC(C(N)=O)C4)nc3)c12. The van der Waals surface area contributed by atoms with Crippen molar-refractivity contribution in [2.24, 2.45) is 11.7 Å². The largest absolute Gasteiger partial charge is 0.369 e. The normalized spacial score (nSPS) is 16.7. The Balaban J connectivity index is 1.62. The van der Waals surface area contributed by atoms with Gasteiger partial charge in [-0.25, -0.2) is 14.6 Å². The molecule has 0 aromatic carbocycles. The summed E-state index contributed by atoms with van der Waals surface area (Å²) in [6, 6.07) is 5.56. The first-order valence-electron chi connectivity index (χ1n) is 12.2. The molecule has 186 valence electrons. The van der Waals surface area contributed by atoms with Crippen LogP contribution in [0, 0.1) is 12.8 Å². The summed E-state index contributed by atoms with van der Waals surface area (Å²) < 4.78 is 1.90. The quantitative estimate of drug-likeness (QED) is 0.574. The predicted molar refractivity (Wildman–Crippen MR) is 138 cm³/mol. The number of carbonyl (C=O) groups is 2. The van der Waals surface area contributed by atoms with E-state index in [9.17, 15) is 9.59 Å². The third-order valence-corrected chi connectivity index (χ3v) is 6.46. The summed E-state index contributed by atoms with van der Waals surface area (Å²) in [5.41, 5.74) is 8.71. The zero-order valence-corrected chi connectivity index (χ0v) is 21.4. The van der Waals surface area contributed by atoms with Gasteiger partial charge in [0.1, 0.15) is 5.82 Å². The summed E-state index contributed by atoms with van der Waals surface area (Å²) in [6.45, 7) is 13.6. The van der Waals surface area contributed by atoms with Gasteiger partial charge in [0.25, 0.3) is 5.91 Å². The van der Waals surface area contributed by atoms with Crippen LogP contribution in [0.5, 0.6) is 0 Å². The van der Waals surface area contributed by atoms with E-state index in [1.165, 1.54) is 0 Å². The molecule has 1 unspecified atom stereocenters. The smallest absolute Gasteiger partial charge is 0.256 e. The molecule has 3 aromatic rings. The number of anilines is 2. The number of aryl methyl sites for hydroxylation is 1. The molecule has 1 atom stereocenters. The van der Waals surface area contributed by atoms with Gasteiger partial charge >= 0.3 is 0 Å². The molecule has 9 nitrogen and oxygen atoms in total. The van der Waals surface area contributed by atoms with E-state index in [0.29, 0.717) is 23.4 Å². The molecule has 9 heteroatoms. The van der Waals surface area contributed by atoms with Gasteiger partial charge in [0.15, 0.2) is 5.65 Å². The number of aromatic nitrogens is 4. The number of nitrogens with zero attached hydrogens (tertiary/aromatic N) is 5. The summed E-state index contributed by atoms with van der Waals surface area (Å²) in [5, 5.41) is 8.47. The number of fused-ring (bicyclic) bond motifs is 1. The molecule has 4 heterocycles. The second-order valence-corrected chi connectivity index (χ2v) is 10.7. The maximum atomic E-state index is 13.5. The summed E-state index contributed by atoms with van der Waals surface area (Å²) in [6.07, 6.45) is 3.35. The zero-order chi connectivity index (χ0) is 25.5. The second-order valence-electron chi connectivity index (χ2n) is 10.7. The number of nitrogens with one attached hydrogen (secondary N) is 1. The number of pyridine rings is 2. The van der Waals surface area contributed by atoms with Crippen LogP contribution in [0.15, 0.2) is 24.4 Å². The Morgan fingerprint density at radius 3 is 2.57 bits per heavy atom. The van der Waals surface area contributed by atoms with Crippen molar-refractivity contribution in [3.05, 3.63) is 41.3 Å². The molecular formula is C26H35N7O2. The highest BCUT2D eigenvalue weighted by Crippen LogP contribution is 2.30. The fourth-order valence-corrected chi connectivity index (χ4v) is 4.51. The van der Waals surface area contributed by atoms with Gasteiger partial charge in [-0.3, -0.25) is 9.59 Å². The molecule has 1 aliphatic rings. The molecule has 0 bridgehead atoms. The Hall–Kier alpha value is -3.49. The van der Waals surface area contributed by atoms with E-state index in [2.05, 4.69) is 49.8 Å². The van der Waals surface area contributed by atoms with Crippen LogP contribution in [0.3, 0.4) is 0 Å². The van der Waals surface area contributed by atoms with E-state index in [4.69, 9.17) is 15.8 Å². The van der Waals surface area contributed by atoms with Gasteiger partial charge < -0.3 is 16.0 Å². The molecule has 0 aliphatic carbocycles. The van der Waals surface area contributed by atoms with Crippen LogP contribution in [0.2, 0.25) is 0 Å². The minimum absolute atomic E-state index is 0.157. The number of nitrogens with two attached hydrogens (primary N) is 1. The van der Waals surface area contributed by atoms with E-state index in [1.807, 2.05) is 29.8 Å². The summed E-state index contributed by atoms with van der Waals surface area (Å²) in [5.74, 6) is 0.269. The fourth-order valence-electron chi connectivity index (χ4n) is 4.51. The maximum Gasteiger partial charge on any atom is 0.256 e.